The minimum atomic E-state index is -6.13. The monoisotopic (exact) mass is 1170 g/mol. The van der Waals surface area contributed by atoms with Crippen LogP contribution in [0.4, 0.5) is 105 Å². The summed E-state index contributed by atoms with van der Waals surface area (Å²) in [6, 6.07) is 7.51. The van der Waals surface area contributed by atoms with Crippen molar-refractivity contribution in [1.29, 1.82) is 0 Å². The smallest absolute Gasteiger partial charge is 0.416 e. The van der Waals surface area contributed by atoms with Crippen LogP contribution in [0.15, 0.2) is 146 Å². The Labute approximate surface area is 433 Å². The number of rotatable bonds is 9. The fourth-order valence-corrected chi connectivity index (χ4v) is 8.48. The molecule has 4 nitrogen and oxygen atoms in total. The van der Waals surface area contributed by atoms with E-state index in [-0.39, 0.29) is 18.1 Å². The molecule has 80 heavy (non-hydrogen) atoms. The SMILES string of the molecule is FC(F)(F)c1cc([B-](c2cc(C(F)(F)F)cc(C(F)(F)F)c2)(c2cc(C(F)(F)F)cc(C(F)(F)F)c2)c2cc(C(F)(F)F)cc(C(F)(F)F)c2)cc(C(F)(F)F)c1.O=C(C[n+]1ccncc1Cc1ccc(O)cc1)c1ccccc1. The molecular formula is C51H29BF24N2O2. The van der Waals surface area contributed by atoms with Gasteiger partial charge in [0.1, 0.15) is 11.9 Å². The number of benzene rings is 6. The lowest BCUT2D eigenvalue weighted by Crippen LogP contribution is -2.75. The lowest BCUT2D eigenvalue weighted by Gasteiger charge is -2.46. The molecule has 0 unspecified atom stereocenters. The van der Waals surface area contributed by atoms with Crippen LogP contribution in [0.25, 0.3) is 0 Å². The first-order chi connectivity index (χ1) is 36.5. The lowest BCUT2D eigenvalue weighted by atomic mass is 9.12. The number of Topliss-reactive ketones (excluding diaryl/α,β-unsaturated/α-hetero) is 1. The van der Waals surface area contributed by atoms with Crippen molar-refractivity contribution in [3.8, 4) is 5.75 Å². The Morgan fingerprint density at radius 1 is 0.412 bits per heavy atom. The molecule has 1 heterocycles. The normalized spacial score (nSPS) is 13.2. The van der Waals surface area contributed by atoms with Crippen molar-refractivity contribution in [2.45, 2.75) is 62.4 Å². The third-order valence-corrected chi connectivity index (χ3v) is 12.1. The van der Waals surface area contributed by atoms with Gasteiger partial charge in [0, 0.05) is 5.56 Å². The largest absolute Gasteiger partial charge is 0.508 e. The number of hydrogen-bond donors (Lipinski definition) is 1. The summed E-state index contributed by atoms with van der Waals surface area (Å²) in [5, 5.41) is 9.36. The molecule has 29 heteroatoms. The van der Waals surface area contributed by atoms with Gasteiger partial charge in [-0.2, -0.15) is 132 Å². The van der Waals surface area contributed by atoms with Crippen molar-refractivity contribution in [3.05, 3.63) is 207 Å². The molecule has 426 valence electrons. The molecule has 7 rings (SSSR count). The molecule has 0 aliphatic heterocycles. The molecule has 0 radical (unpaired) electrons. The summed E-state index contributed by atoms with van der Waals surface area (Å²) in [6.07, 6.45) is -48.9. The van der Waals surface area contributed by atoms with Crippen molar-refractivity contribution in [3.63, 3.8) is 0 Å². The van der Waals surface area contributed by atoms with Crippen LogP contribution >= 0.6 is 0 Å². The van der Waals surface area contributed by atoms with Crippen LogP contribution in [0.5, 0.6) is 5.75 Å². The van der Waals surface area contributed by atoms with Crippen LogP contribution in [-0.2, 0) is 62.4 Å². The Bertz CT molecular complexity index is 2920. The maximum atomic E-state index is 14.2. The predicted molar refractivity (Wildman–Crippen MR) is 236 cm³/mol. The summed E-state index contributed by atoms with van der Waals surface area (Å²) >= 11 is 0. The topological polar surface area (TPSA) is 54.1 Å². The van der Waals surface area contributed by atoms with Gasteiger partial charge in [-0.1, -0.05) is 91.0 Å². The molecule has 0 atom stereocenters. The molecule has 0 saturated carbocycles. The van der Waals surface area contributed by atoms with E-state index < -0.39 is 195 Å². The second-order valence-electron chi connectivity index (χ2n) is 17.6. The molecule has 0 spiro atoms. The Kier molecular flexibility index (Phi) is 16.7. The first-order valence-electron chi connectivity index (χ1n) is 22.0. The summed E-state index contributed by atoms with van der Waals surface area (Å²) in [5.74, 6) is 0.306. The zero-order valence-electron chi connectivity index (χ0n) is 39.2. The van der Waals surface area contributed by atoms with Crippen molar-refractivity contribution in [2.24, 2.45) is 0 Å². The van der Waals surface area contributed by atoms with E-state index in [1.54, 1.807) is 24.5 Å². The Morgan fingerprint density at radius 2 is 0.700 bits per heavy atom. The number of ketones is 1. The Balaban J connectivity index is 0.000000370. The van der Waals surface area contributed by atoms with E-state index in [4.69, 9.17) is 0 Å². The number of alkyl halides is 24. The summed E-state index contributed by atoms with van der Waals surface area (Å²) in [6.45, 7) is 0.278. The van der Waals surface area contributed by atoms with Gasteiger partial charge in [-0.05, 0) is 42.0 Å². The maximum Gasteiger partial charge on any atom is 0.416 e. The van der Waals surface area contributed by atoms with Crippen LogP contribution in [0.1, 0.15) is 66.1 Å². The highest BCUT2D eigenvalue weighted by molar-refractivity contribution is 7.20. The van der Waals surface area contributed by atoms with Gasteiger partial charge in [-0.3, -0.25) is 9.78 Å². The number of aromatic hydroxyl groups is 1. The third kappa shape index (κ3) is 14.3. The third-order valence-electron chi connectivity index (χ3n) is 12.1. The first-order valence-corrected chi connectivity index (χ1v) is 22.0. The zero-order valence-corrected chi connectivity index (χ0v) is 39.2. The number of hydrogen-bond acceptors (Lipinski definition) is 3. The van der Waals surface area contributed by atoms with Crippen LogP contribution in [0.3, 0.4) is 0 Å². The van der Waals surface area contributed by atoms with Crippen LogP contribution in [0, 0.1) is 0 Å². The number of phenols is 1. The minimum Gasteiger partial charge on any atom is -0.508 e. The average molecular weight is 1170 g/mol. The fraction of sp³-hybridized carbons (Fsp3) is 0.196. The summed E-state index contributed by atoms with van der Waals surface area (Å²) in [5.41, 5.74) is -27.5. The van der Waals surface area contributed by atoms with Crippen LogP contribution in [-0.4, -0.2) is 22.0 Å². The van der Waals surface area contributed by atoms with E-state index in [1.165, 1.54) is 0 Å². The lowest BCUT2D eigenvalue weighted by molar-refractivity contribution is -0.690. The van der Waals surface area contributed by atoms with E-state index in [9.17, 15) is 115 Å². The predicted octanol–water partition coefficient (Wildman–Crippen LogP) is 13.8. The number of nitrogens with zero attached hydrogens (tertiary/aromatic N) is 2. The van der Waals surface area contributed by atoms with E-state index in [1.807, 2.05) is 53.2 Å². The van der Waals surface area contributed by atoms with E-state index in [0.717, 1.165) is 11.3 Å². The Hall–Kier alpha value is -7.75. The second kappa shape index (κ2) is 21.7. The standard InChI is InChI=1S/C32H12BF24.C19H16N2O2/c34-25(35,36)13-1-14(26(37,38)39)6-21(5-13)33(22-7-15(27(40,41)42)2-16(8-22)28(43,44)45,23-9-17(29(46,47)48)3-18(10-23)30(49,50)51)24-11-19(31(52,53)54)4-20(12-24)32(55,56)57;22-18-8-6-15(7-9-18)12-17-13-20-10-11-21(17)14-19(23)16-4-2-1-3-5-16/h1-12H;1-11,13H,12,14H2/q-1;/p+1. The maximum absolute atomic E-state index is 14.2. The quantitative estimate of drug-likeness (QED) is 0.0678. The van der Waals surface area contributed by atoms with Gasteiger partial charge in [0.2, 0.25) is 18.0 Å². The van der Waals surface area contributed by atoms with Gasteiger partial charge in [0.15, 0.2) is 6.20 Å². The summed E-state index contributed by atoms with van der Waals surface area (Å²) < 4.78 is 343. The molecule has 0 aliphatic rings. The minimum absolute atomic E-state index is 0.0637. The molecule has 0 bridgehead atoms. The molecule has 0 saturated heterocycles. The van der Waals surface area contributed by atoms with Crippen LogP contribution in [0.2, 0.25) is 0 Å². The van der Waals surface area contributed by atoms with E-state index >= 15 is 0 Å². The number of aromatic nitrogens is 2. The number of phenolic OH excluding ortho intramolecular Hbond substituents is 1. The molecule has 1 N–H and O–H groups in total. The van der Waals surface area contributed by atoms with Crippen molar-refractivity contribution in [1.82, 2.24) is 4.98 Å². The number of carbonyl (C=O) groups is 1. The van der Waals surface area contributed by atoms with Crippen molar-refractivity contribution < 1.29 is 120 Å². The first kappa shape index (κ1) is 61.5. The zero-order chi connectivity index (χ0) is 60.0. The van der Waals surface area contributed by atoms with Gasteiger partial charge in [-0.25, -0.2) is 0 Å². The Morgan fingerprint density at radius 3 is 0.975 bits per heavy atom. The molecule has 1 aromatic heterocycles. The fourth-order valence-electron chi connectivity index (χ4n) is 8.48. The van der Waals surface area contributed by atoms with Crippen molar-refractivity contribution in [2.75, 3.05) is 0 Å². The second-order valence-corrected chi connectivity index (χ2v) is 17.6. The average Bonchev–Trinajstić information content (AvgIpc) is 3.34. The van der Waals surface area contributed by atoms with Crippen molar-refractivity contribution >= 4 is 33.8 Å². The highest BCUT2D eigenvalue weighted by Gasteiger charge is 2.47. The van der Waals surface area contributed by atoms with Gasteiger partial charge >= 0.3 is 49.4 Å². The van der Waals surface area contributed by atoms with Gasteiger partial charge in [0.05, 0.1) is 63.3 Å². The highest BCUT2D eigenvalue weighted by atomic mass is 19.4. The van der Waals surface area contributed by atoms with Crippen LogP contribution < -0.4 is 26.4 Å². The summed E-state index contributed by atoms with van der Waals surface area (Å²) in [7, 11) is 0. The van der Waals surface area contributed by atoms with E-state index in [0.29, 0.717) is 12.0 Å². The molecular weight excluding hydrogens is 1140 g/mol. The van der Waals surface area contributed by atoms with Gasteiger partial charge in [-0.15, -0.1) is 0 Å². The molecule has 0 amide bonds. The number of carbonyl (C=O) groups excluding carboxylic acids is 1. The van der Waals surface area contributed by atoms with Gasteiger partial charge < -0.3 is 5.11 Å². The highest BCUT2D eigenvalue weighted by Crippen LogP contribution is 2.41. The molecule has 0 fully saturated rings. The number of halogens is 24. The van der Waals surface area contributed by atoms with Gasteiger partial charge in [0.25, 0.3) is 0 Å². The molecule has 0 aliphatic carbocycles. The molecule has 6 aromatic carbocycles. The molecule has 7 aromatic rings. The summed E-state index contributed by atoms with van der Waals surface area (Å²) in [4.78, 5) is 16.5. The van der Waals surface area contributed by atoms with E-state index in [2.05, 4.69) is 4.98 Å².